The summed E-state index contributed by atoms with van der Waals surface area (Å²) in [5.41, 5.74) is -0.618. The van der Waals surface area contributed by atoms with Gasteiger partial charge >= 0.3 is 12.1 Å². The van der Waals surface area contributed by atoms with E-state index in [0.717, 1.165) is 25.7 Å². The molecule has 0 aromatic carbocycles. The van der Waals surface area contributed by atoms with E-state index in [1.165, 1.54) is 19.3 Å². The lowest BCUT2D eigenvalue weighted by molar-refractivity contribution is -0.140. The first-order chi connectivity index (χ1) is 9.78. The maximum atomic E-state index is 11.7. The van der Waals surface area contributed by atoms with Crippen molar-refractivity contribution in [1.82, 2.24) is 5.32 Å². The van der Waals surface area contributed by atoms with Crippen molar-refractivity contribution in [2.75, 3.05) is 0 Å². The Bertz CT molecular complexity index is 341. The Morgan fingerprint density at radius 1 is 1.14 bits per heavy atom. The highest BCUT2D eigenvalue weighted by Gasteiger charge is 2.26. The maximum Gasteiger partial charge on any atom is 0.408 e. The predicted molar refractivity (Wildman–Crippen MR) is 81.2 cm³/mol. The highest BCUT2D eigenvalue weighted by molar-refractivity contribution is 5.80. The van der Waals surface area contributed by atoms with Crippen molar-refractivity contribution in [3.8, 4) is 0 Å². The molecular weight excluding hydrogens is 270 g/mol. The zero-order valence-corrected chi connectivity index (χ0v) is 13.5. The average Bonchev–Trinajstić information content (AvgIpc) is 2.28. The fourth-order valence-corrected chi connectivity index (χ4v) is 2.78. The highest BCUT2D eigenvalue weighted by atomic mass is 16.6. The number of alkyl carbamates (subject to hydrolysis) is 1. The molecular formula is C16H29NO4. The molecule has 0 aromatic rings. The second-order valence-corrected chi connectivity index (χ2v) is 6.98. The van der Waals surface area contributed by atoms with Gasteiger partial charge in [0.1, 0.15) is 11.6 Å². The van der Waals surface area contributed by atoms with Crippen LogP contribution in [0.25, 0.3) is 0 Å². The Hall–Kier alpha value is -1.26. The van der Waals surface area contributed by atoms with E-state index in [1.807, 2.05) is 0 Å². The van der Waals surface area contributed by atoms with Gasteiger partial charge in [-0.15, -0.1) is 0 Å². The molecule has 21 heavy (non-hydrogen) atoms. The summed E-state index contributed by atoms with van der Waals surface area (Å²) >= 11 is 0. The lowest BCUT2D eigenvalue weighted by atomic mass is 9.86. The summed E-state index contributed by atoms with van der Waals surface area (Å²) in [5.74, 6) is -0.607. The number of carbonyl (C=O) groups is 2. The molecule has 0 aromatic heterocycles. The number of carboxylic acids is 1. The van der Waals surface area contributed by atoms with Crippen molar-refractivity contribution in [3.05, 3.63) is 0 Å². The van der Waals surface area contributed by atoms with Crippen molar-refractivity contribution >= 4 is 12.1 Å². The largest absolute Gasteiger partial charge is 0.480 e. The molecule has 1 rings (SSSR count). The van der Waals surface area contributed by atoms with Gasteiger partial charge in [0.15, 0.2) is 0 Å². The van der Waals surface area contributed by atoms with Crippen LogP contribution in [0.4, 0.5) is 4.79 Å². The normalized spacial score (nSPS) is 19.2. The van der Waals surface area contributed by atoms with Crippen molar-refractivity contribution < 1.29 is 19.4 Å². The van der Waals surface area contributed by atoms with E-state index in [4.69, 9.17) is 4.74 Å². The second-order valence-electron chi connectivity index (χ2n) is 6.98. The molecule has 5 heteroatoms. The van der Waals surface area contributed by atoms with Gasteiger partial charge in [-0.3, -0.25) is 0 Å². The van der Waals surface area contributed by atoms with Crippen LogP contribution in [0.5, 0.6) is 0 Å². The van der Waals surface area contributed by atoms with Gasteiger partial charge in [-0.25, -0.2) is 9.59 Å². The molecule has 5 nitrogen and oxygen atoms in total. The predicted octanol–water partition coefficient (Wildman–Crippen LogP) is 3.71. The van der Waals surface area contributed by atoms with E-state index in [9.17, 15) is 14.7 Å². The molecule has 0 heterocycles. The minimum absolute atomic E-state index is 0.376. The van der Waals surface area contributed by atoms with E-state index >= 15 is 0 Å². The molecule has 1 atom stereocenters. The number of nitrogens with one attached hydrogen (secondary N) is 1. The zero-order chi connectivity index (χ0) is 15.9. The lowest BCUT2D eigenvalue weighted by Gasteiger charge is -2.25. The Morgan fingerprint density at radius 3 is 2.14 bits per heavy atom. The van der Waals surface area contributed by atoms with Crippen LogP contribution in [-0.2, 0) is 9.53 Å². The van der Waals surface area contributed by atoms with Gasteiger partial charge in [0.2, 0.25) is 0 Å². The summed E-state index contributed by atoms with van der Waals surface area (Å²) in [7, 11) is 0. The van der Waals surface area contributed by atoms with Gasteiger partial charge in [0, 0.05) is 0 Å². The van der Waals surface area contributed by atoms with Crippen LogP contribution in [0.3, 0.4) is 0 Å². The molecule has 2 N–H and O–H groups in total. The third-order valence-corrected chi connectivity index (χ3v) is 3.78. The zero-order valence-electron chi connectivity index (χ0n) is 13.5. The number of rotatable bonds is 4. The smallest absolute Gasteiger partial charge is 0.408 e. The number of carboxylic acid groups (broad SMARTS) is 1. The van der Waals surface area contributed by atoms with E-state index in [2.05, 4.69) is 5.32 Å². The molecule has 122 valence electrons. The number of amides is 1. The van der Waals surface area contributed by atoms with E-state index in [0.29, 0.717) is 12.3 Å². The molecule has 1 fully saturated rings. The number of hydrogen-bond acceptors (Lipinski definition) is 3. The van der Waals surface area contributed by atoms with Gasteiger partial charge in [0.25, 0.3) is 0 Å². The summed E-state index contributed by atoms with van der Waals surface area (Å²) in [6.07, 6.45) is 8.01. The number of hydrogen-bond donors (Lipinski definition) is 2. The average molecular weight is 299 g/mol. The molecule has 0 spiro atoms. The van der Waals surface area contributed by atoms with Crippen LogP contribution in [0.2, 0.25) is 0 Å². The molecule has 0 radical (unpaired) electrons. The Balaban J connectivity index is 2.52. The summed E-state index contributed by atoms with van der Waals surface area (Å²) in [5, 5.41) is 11.8. The van der Waals surface area contributed by atoms with Crippen LogP contribution in [0.1, 0.15) is 72.1 Å². The first-order valence-electron chi connectivity index (χ1n) is 8.00. The Morgan fingerprint density at radius 2 is 1.67 bits per heavy atom. The first-order valence-corrected chi connectivity index (χ1v) is 8.00. The molecule has 1 amide bonds. The minimum Gasteiger partial charge on any atom is -0.480 e. The van der Waals surface area contributed by atoms with Crippen molar-refractivity contribution in [1.29, 1.82) is 0 Å². The van der Waals surface area contributed by atoms with Crippen LogP contribution >= 0.6 is 0 Å². The SMILES string of the molecule is CC(C)(C)OC(=O)N[C@@H](CC1CCCCCCC1)C(=O)O. The number of carbonyl (C=O) groups excluding carboxylic acids is 1. The maximum absolute atomic E-state index is 11.7. The molecule has 1 aliphatic carbocycles. The molecule has 0 bridgehead atoms. The van der Waals surface area contributed by atoms with Crippen LogP contribution in [0, 0.1) is 5.92 Å². The monoisotopic (exact) mass is 299 g/mol. The van der Waals surface area contributed by atoms with Gasteiger partial charge in [-0.2, -0.15) is 0 Å². The second kappa shape index (κ2) is 8.25. The molecule has 1 aliphatic rings. The van der Waals surface area contributed by atoms with Gasteiger partial charge in [-0.05, 0) is 33.1 Å². The first kappa shape index (κ1) is 17.8. The molecule has 0 saturated heterocycles. The Labute approximate surface area is 127 Å². The molecule has 0 aliphatic heterocycles. The van der Waals surface area contributed by atoms with Crippen molar-refractivity contribution in [2.24, 2.45) is 5.92 Å². The summed E-state index contributed by atoms with van der Waals surface area (Å²) in [6, 6.07) is -0.857. The van der Waals surface area contributed by atoms with Gasteiger partial charge in [-0.1, -0.05) is 44.9 Å². The molecule has 0 unspecified atom stereocenters. The lowest BCUT2D eigenvalue weighted by Crippen LogP contribution is -2.44. The third-order valence-electron chi connectivity index (χ3n) is 3.78. The topological polar surface area (TPSA) is 75.6 Å². The van der Waals surface area contributed by atoms with Crippen molar-refractivity contribution in [3.63, 3.8) is 0 Å². The summed E-state index contributed by atoms with van der Waals surface area (Å²) in [4.78, 5) is 23.1. The standard InChI is InChI=1S/C16H29NO4/c1-16(2,3)21-15(20)17-13(14(18)19)11-12-9-7-5-4-6-8-10-12/h12-13H,4-11H2,1-3H3,(H,17,20)(H,18,19)/t13-/m0/s1. The van der Waals surface area contributed by atoms with Crippen LogP contribution < -0.4 is 5.32 Å². The van der Waals surface area contributed by atoms with E-state index in [-0.39, 0.29) is 0 Å². The number of ether oxygens (including phenoxy) is 1. The third kappa shape index (κ3) is 7.93. The minimum atomic E-state index is -0.983. The van der Waals surface area contributed by atoms with E-state index < -0.39 is 23.7 Å². The van der Waals surface area contributed by atoms with E-state index in [1.54, 1.807) is 20.8 Å². The summed E-state index contributed by atoms with van der Waals surface area (Å²) in [6.45, 7) is 5.28. The number of aliphatic carboxylic acids is 1. The fourth-order valence-electron chi connectivity index (χ4n) is 2.78. The van der Waals surface area contributed by atoms with Crippen LogP contribution in [0.15, 0.2) is 0 Å². The van der Waals surface area contributed by atoms with Gasteiger partial charge < -0.3 is 15.2 Å². The highest BCUT2D eigenvalue weighted by Crippen LogP contribution is 2.26. The molecule has 1 saturated carbocycles. The quantitative estimate of drug-likeness (QED) is 0.829. The fraction of sp³-hybridized carbons (Fsp3) is 0.875. The van der Waals surface area contributed by atoms with Gasteiger partial charge in [0.05, 0.1) is 0 Å². The summed E-state index contributed by atoms with van der Waals surface area (Å²) < 4.78 is 5.14. The Kier molecular flexibility index (Phi) is 6.99. The van der Waals surface area contributed by atoms with Crippen LogP contribution in [-0.4, -0.2) is 28.8 Å². The van der Waals surface area contributed by atoms with Crippen molar-refractivity contribution in [2.45, 2.75) is 83.8 Å².